The highest BCUT2D eigenvalue weighted by molar-refractivity contribution is 5.80. The summed E-state index contributed by atoms with van der Waals surface area (Å²) in [6.45, 7) is 6.49. The summed E-state index contributed by atoms with van der Waals surface area (Å²) in [4.78, 5) is 12.0. The molecule has 0 saturated carbocycles. The van der Waals surface area contributed by atoms with Gasteiger partial charge >= 0.3 is 0 Å². The minimum absolute atomic E-state index is 0.127. The highest BCUT2D eigenvalue weighted by atomic mass is 16.5. The van der Waals surface area contributed by atoms with Crippen LogP contribution in [0, 0.1) is 5.92 Å². The van der Waals surface area contributed by atoms with E-state index in [-0.39, 0.29) is 17.4 Å². The van der Waals surface area contributed by atoms with E-state index >= 15 is 0 Å². The molecule has 15 heavy (non-hydrogen) atoms. The molecule has 0 spiro atoms. The van der Waals surface area contributed by atoms with E-state index in [1.165, 1.54) is 0 Å². The number of ether oxygens (including phenoxy) is 1. The lowest BCUT2D eigenvalue weighted by molar-refractivity contribution is -0.127. The van der Waals surface area contributed by atoms with Crippen molar-refractivity contribution in [2.45, 2.75) is 38.3 Å². The van der Waals surface area contributed by atoms with Gasteiger partial charge in [-0.1, -0.05) is 0 Å². The first kappa shape index (κ1) is 10.9. The van der Waals surface area contributed by atoms with Crippen LogP contribution in [-0.4, -0.2) is 37.2 Å². The quantitative estimate of drug-likeness (QED) is 0.691. The van der Waals surface area contributed by atoms with E-state index in [0.717, 1.165) is 26.0 Å². The maximum Gasteiger partial charge on any atom is 0.225 e. The second-order valence-corrected chi connectivity index (χ2v) is 4.99. The topological polar surface area (TPSA) is 50.4 Å². The third-order valence-corrected chi connectivity index (χ3v) is 3.51. The second kappa shape index (κ2) is 4.10. The average molecular weight is 212 g/mol. The first-order valence-electron chi connectivity index (χ1n) is 5.74. The predicted octanol–water partition coefficient (Wildman–Crippen LogP) is 0.280. The molecule has 0 bridgehead atoms. The molecule has 2 rings (SSSR count). The minimum atomic E-state index is -0.139. The van der Waals surface area contributed by atoms with Gasteiger partial charge in [-0.3, -0.25) is 4.79 Å². The monoisotopic (exact) mass is 212 g/mol. The summed E-state index contributed by atoms with van der Waals surface area (Å²) in [6, 6.07) is 0.302. The number of amides is 1. The predicted molar refractivity (Wildman–Crippen MR) is 57.6 cm³/mol. The van der Waals surface area contributed by atoms with Crippen LogP contribution < -0.4 is 10.6 Å². The Morgan fingerprint density at radius 3 is 2.93 bits per heavy atom. The van der Waals surface area contributed by atoms with E-state index in [0.29, 0.717) is 12.6 Å². The summed E-state index contributed by atoms with van der Waals surface area (Å²) in [6.07, 6.45) is 1.87. The molecule has 2 heterocycles. The van der Waals surface area contributed by atoms with Gasteiger partial charge in [-0.05, 0) is 33.2 Å². The number of hydrogen-bond acceptors (Lipinski definition) is 3. The van der Waals surface area contributed by atoms with E-state index < -0.39 is 0 Å². The zero-order valence-electron chi connectivity index (χ0n) is 9.51. The SMILES string of the molecule is CC1NCCC1C(=O)NC1(C)CCOC1. The third kappa shape index (κ3) is 2.32. The van der Waals surface area contributed by atoms with Crippen LogP contribution in [0.15, 0.2) is 0 Å². The van der Waals surface area contributed by atoms with Gasteiger partial charge in [0.1, 0.15) is 0 Å². The Balaban J connectivity index is 1.91. The van der Waals surface area contributed by atoms with Crippen molar-refractivity contribution in [3.05, 3.63) is 0 Å². The van der Waals surface area contributed by atoms with Gasteiger partial charge in [-0.25, -0.2) is 0 Å². The smallest absolute Gasteiger partial charge is 0.225 e. The molecule has 4 heteroatoms. The van der Waals surface area contributed by atoms with Crippen molar-refractivity contribution in [3.8, 4) is 0 Å². The van der Waals surface area contributed by atoms with E-state index in [2.05, 4.69) is 24.5 Å². The molecule has 4 nitrogen and oxygen atoms in total. The van der Waals surface area contributed by atoms with Gasteiger partial charge in [0.15, 0.2) is 0 Å². The van der Waals surface area contributed by atoms with Crippen LogP contribution in [0.25, 0.3) is 0 Å². The zero-order valence-corrected chi connectivity index (χ0v) is 9.51. The van der Waals surface area contributed by atoms with Crippen LogP contribution in [0.2, 0.25) is 0 Å². The summed E-state index contributed by atoms with van der Waals surface area (Å²) in [5.41, 5.74) is -0.139. The Labute approximate surface area is 90.8 Å². The highest BCUT2D eigenvalue weighted by Gasteiger charge is 2.36. The van der Waals surface area contributed by atoms with Crippen LogP contribution in [0.5, 0.6) is 0 Å². The molecule has 0 aromatic carbocycles. The summed E-state index contributed by atoms with van der Waals surface area (Å²) in [7, 11) is 0. The molecule has 2 N–H and O–H groups in total. The number of hydrogen-bond donors (Lipinski definition) is 2. The number of rotatable bonds is 2. The fourth-order valence-electron chi connectivity index (χ4n) is 2.37. The first-order chi connectivity index (χ1) is 7.11. The lowest BCUT2D eigenvalue weighted by Gasteiger charge is -2.26. The molecular formula is C11H20N2O2. The lowest BCUT2D eigenvalue weighted by atomic mass is 9.96. The van der Waals surface area contributed by atoms with Crippen LogP contribution in [0.4, 0.5) is 0 Å². The largest absolute Gasteiger partial charge is 0.379 e. The van der Waals surface area contributed by atoms with E-state index in [9.17, 15) is 4.79 Å². The van der Waals surface area contributed by atoms with Gasteiger partial charge in [-0.15, -0.1) is 0 Å². The van der Waals surface area contributed by atoms with Gasteiger partial charge in [0.25, 0.3) is 0 Å². The molecule has 0 aromatic heterocycles. The molecule has 0 aliphatic carbocycles. The van der Waals surface area contributed by atoms with Gasteiger partial charge < -0.3 is 15.4 Å². The van der Waals surface area contributed by atoms with Crippen molar-refractivity contribution in [3.63, 3.8) is 0 Å². The molecule has 2 saturated heterocycles. The van der Waals surface area contributed by atoms with Gasteiger partial charge in [0.05, 0.1) is 18.1 Å². The molecule has 1 amide bonds. The zero-order chi connectivity index (χ0) is 10.9. The standard InChI is InChI=1S/C11H20N2O2/c1-8-9(3-5-12-8)10(14)13-11(2)4-6-15-7-11/h8-9,12H,3-7H2,1-2H3,(H,13,14). The molecule has 86 valence electrons. The van der Waals surface area contributed by atoms with Crippen molar-refractivity contribution in [2.75, 3.05) is 19.8 Å². The number of carbonyl (C=O) groups is 1. The lowest BCUT2D eigenvalue weighted by Crippen LogP contribution is -2.50. The third-order valence-electron chi connectivity index (χ3n) is 3.51. The van der Waals surface area contributed by atoms with Gasteiger partial charge in [0, 0.05) is 12.6 Å². The van der Waals surface area contributed by atoms with E-state index in [4.69, 9.17) is 4.74 Å². The fraction of sp³-hybridized carbons (Fsp3) is 0.909. The fourth-order valence-corrected chi connectivity index (χ4v) is 2.37. The average Bonchev–Trinajstić information content (AvgIpc) is 2.74. The summed E-state index contributed by atoms with van der Waals surface area (Å²) in [5, 5.41) is 6.42. The Morgan fingerprint density at radius 1 is 1.60 bits per heavy atom. The Hall–Kier alpha value is -0.610. The second-order valence-electron chi connectivity index (χ2n) is 4.99. The molecule has 2 aliphatic heterocycles. The molecular weight excluding hydrogens is 192 g/mol. The van der Waals surface area contributed by atoms with Crippen molar-refractivity contribution in [1.29, 1.82) is 0 Å². The van der Waals surface area contributed by atoms with Crippen molar-refractivity contribution in [1.82, 2.24) is 10.6 Å². The van der Waals surface area contributed by atoms with E-state index in [1.807, 2.05) is 0 Å². The summed E-state index contributed by atoms with van der Waals surface area (Å²) in [5.74, 6) is 0.308. The van der Waals surface area contributed by atoms with Crippen molar-refractivity contribution >= 4 is 5.91 Å². The Bertz CT molecular complexity index is 249. The molecule has 2 fully saturated rings. The highest BCUT2D eigenvalue weighted by Crippen LogP contribution is 2.21. The number of carbonyl (C=O) groups excluding carboxylic acids is 1. The van der Waals surface area contributed by atoms with Crippen molar-refractivity contribution in [2.24, 2.45) is 5.92 Å². The summed E-state index contributed by atoms with van der Waals surface area (Å²) < 4.78 is 5.32. The maximum atomic E-state index is 12.0. The minimum Gasteiger partial charge on any atom is -0.379 e. The molecule has 0 radical (unpaired) electrons. The van der Waals surface area contributed by atoms with Crippen LogP contribution >= 0.6 is 0 Å². The normalized spacial score (nSPS) is 40.7. The first-order valence-corrected chi connectivity index (χ1v) is 5.74. The molecule has 2 aliphatic rings. The van der Waals surface area contributed by atoms with Crippen LogP contribution in [0.3, 0.4) is 0 Å². The van der Waals surface area contributed by atoms with Gasteiger partial charge in [-0.2, -0.15) is 0 Å². The number of nitrogens with one attached hydrogen (secondary N) is 2. The molecule has 0 aromatic rings. The molecule has 3 unspecified atom stereocenters. The summed E-state index contributed by atoms with van der Waals surface area (Å²) >= 11 is 0. The van der Waals surface area contributed by atoms with E-state index in [1.54, 1.807) is 0 Å². The molecule has 3 atom stereocenters. The maximum absolute atomic E-state index is 12.0. The Kier molecular flexibility index (Phi) is 2.98. The van der Waals surface area contributed by atoms with Crippen LogP contribution in [-0.2, 0) is 9.53 Å². The van der Waals surface area contributed by atoms with Crippen LogP contribution in [0.1, 0.15) is 26.7 Å². The van der Waals surface area contributed by atoms with Gasteiger partial charge in [0.2, 0.25) is 5.91 Å². The Morgan fingerprint density at radius 2 is 2.40 bits per heavy atom. The van der Waals surface area contributed by atoms with Crippen molar-refractivity contribution < 1.29 is 9.53 Å².